The number of hydrogen-bond donors (Lipinski definition) is 1. The largest absolute Gasteiger partial charge is 0.480 e. The molecular weight excluding hydrogens is 274 g/mol. The Balaban J connectivity index is 2.50. The van der Waals surface area contributed by atoms with E-state index in [4.69, 9.17) is 16.3 Å². The van der Waals surface area contributed by atoms with E-state index in [0.29, 0.717) is 10.9 Å². The Morgan fingerprint density at radius 3 is 2.70 bits per heavy atom. The summed E-state index contributed by atoms with van der Waals surface area (Å²) in [6, 6.07) is 5.86. The van der Waals surface area contributed by atoms with Crippen LogP contribution in [-0.4, -0.2) is 23.6 Å². The van der Waals surface area contributed by atoms with Gasteiger partial charge in [0.05, 0.1) is 13.2 Å². The highest BCUT2D eigenvalue weighted by molar-refractivity contribution is 6.31. The number of aryl methyl sites for hydroxylation is 1. The highest BCUT2D eigenvalue weighted by Crippen LogP contribution is 2.31. The quantitative estimate of drug-likeness (QED) is 0.919. The molecule has 1 unspecified atom stereocenters. The Morgan fingerprint density at radius 1 is 1.30 bits per heavy atom. The topological polar surface area (TPSA) is 47.0 Å². The average molecular weight is 292 g/mol. The van der Waals surface area contributed by atoms with E-state index in [9.17, 15) is 0 Å². The van der Waals surface area contributed by atoms with E-state index < -0.39 is 0 Å². The van der Waals surface area contributed by atoms with Gasteiger partial charge in [-0.2, -0.15) is 0 Å². The van der Waals surface area contributed by atoms with Crippen LogP contribution in [0.25, 0.3) is 0 Å². The van der Waals surface area contributed by atoms with Crippen molar-refractivity contribution in [1.29, 1.82) is 0 Å². The van der Waals surface area contributed by atoms with E-state index in [0.717, 1.165) is 23.4 Å². The maximum absolute atomic E-state index is 6.38. The number of nitrogens with zero attached hydrogens (tertiary/aromatic N) is 2. The van der Waals surface area contributed by atoms with Crippen molar-refractivity contribution in [2.75, 3.05) is 13.7 Å². The Bertz CT molecular complexity index is 589. The van der Waals surface area contributed by atoms with Crippen molar-refractivity contribution in [2.45, 2.75) is 19.9 Å². The zero-order valence-corrected chi connectivity index (χ0v) is 12.6. The predicted octanol–water partition coefficient (Wildman–Crippen LogP) is 3.15. The van der Waals surface area contributed by atoms with Gasteiger partial charge in [0.25, 0.3) is 0 Å². The molecule has 0 bridgehead atoms. The van der Waals surface area contributed by atoms with E-state index in [-0.39, 0.29) is 6.04 Å². The fraction of sp³-hybridized carbons (Fsp3) is 0.333. The van der Waals surface area contributed by atoms with Crippen LogP contribution in [0.15, 0.2) is 30.6 Å². The Morgan fingerprint density at radius 2 is 2.05 bits per heavy atom. The van der Waals surface area contributed by atoms with Gasteiger partial charge in [0.2, 0.25) is 5.88 Å². The molecule has 1 heterocycles. The van der Waals surface area contributed by atoms with E-state index in [2.05, 4.69) is 15.3 Å². The van der Waals surface area contributed by atoms with E-state index in [1.54, 1.807) is 19.5 Å². The maximum atomic E-state index is 6.38. The highest BCUT2D eigenvalue weighted by atomic mass is 35.5. The number of methoxy groups -OCH3 is 1. The Kier molecular flexibility index (Phi) is 4.93. The molecule has 1 aromatic carbocycles. The molecule has 1 atom stereocenters. The smallest absolute Gasteiger partial charge is 0.237 e. The second-order valence-electron chi connectivity index (χ2n) is 4.47. The zero-order valence-electron chi connectivity index (χ0n) is 11.9. The Hall–Kier alpha value is -1.65. The number of nitrogens with one attached hydrogen (secondary N) is 1. The summed E-state index contributed by atoms with van der Waals surface area (Å²) in [7, 11) is 1.59. The normalized spacial score (nSPS) is 12.2. The van der Waals surface area contributed by atoms with Gasteiger partial charge in [-0.15, -0.1) is 0 Å². The van der Waals surface area contributed by atoms with Crippen LogP contribution in [0.3, 0.4) is 0 Å². The van der Waals surface area contributed by atoms with E-state index >= 15 is 0 Å². The van der Waals surface area contributed by atoms with Crippen LogP contribution in [0.4, 0.5) is 0 Å². The zero-order chi connectivity index (χ0) is 14.5. The van der Waals surface area contributed by atoms with Gasteiger partial charge in [0.15, 0.2) is 0 Å². The second kappa shape index (κ2) is 6.68. The van der Waals surface area contributed by atoms with Crippen LogP contribution in [0.5, 0.6) is 5.88 Å². The van der Waals surface area contributed by atoms with Crippen molar-refractivity contribution >= 4 is 11.6 Å². The lowest BCUT2D eigenvalue weighted by Gasteiger charge is -2.20. The summed E-state index contributed by atoms with van der Waals surface area (Å²) in [5.41, 5.74) is 2.83. The van der Waals surface area contributed by atoms with Gasteiger partial charge < -0.3 is 10.1 Å². The molecule has 0 radical (unpaired) electrons. The van der Waals surface area contributed by atoms with Crippen molar-refractivity contribution in [3.05, 3.63) is 52.4 Å². The van der Waals surface area contributed by atoms with Gasteiger partial charge in [0.1, 0.15) is 5.69 Å². The van der Waals surface area contributed by atoms with Gasteiger partial charge in [-0.05, 0) is 30.7 Å². The van der Waals surface area contributed by atoms with E-state index in [1.165, 1.54) is 0 Å². The minimum Gasteiger partial charge on any atom is -0.480 e. The fourth-order valence-electron chi connectivity index (χ4n) is 2.12. The van der Waals surface area contributed by atoms with Gasteiger partial charge >= 0.3 is 0 Å². The molecule has 0 aliphatic rings. The number of hydrogen-bond acceptors (Lipinski definition) is 4. The van der Waals surface area contributed by atoms with E-state index in [1.807, 2.05) is 32.0 Å². The summed E-state index contributed by atoms with van der Waals surface area (Å²) in [5.74, 6) is 0.509. The summed E-state index contributed by atoms with van der Waals surface area (Å²) in [6.07, 6.45) is 3.27. The van der Waals surface area contributed by atoms with Crippen LogP contribution in [0, 0.1) is 6.92 Å². The minimum absolute atomic E-state index is 0.142. The van der Waals surface area contributed by atoms with Crippen LogP contribution in [-0.2, 0) is 0 Å². The first-order chi connectivity index (χ1) is 9.67. The number of aromatic nitrogens is 2. The average Bonchev–Trinajstić information content (AvgIpc) is 2.45. The molecule has 106 valence electrons. The van der Waals surface area contributed by atoms with Crippen molar-refractivity contribution in [3.8, 4) is 5.88 Å². The third-order valence-corrected chi connectivity index (χ3v) is 3.36. The molecule has 2 aromatic rings. The predicted molar refractivity (Wildman–Crippen MR) is 80.3 cm³/mol. The van der Waals surface area contributed by atoms with Crippen LogP contribution >= 0.6 is 11.6 Å². The van der Waals surface area contributed by atoms with Gasteiger partial charge in [-0.25, -0.2) is 4.98 Å². The van der Waals surface area contributed by atoms with Crippen LogP contribution < -0.4 is 10.1 Å². The summed E-state index contributed by atoms with van der Waals surface area (Å²) < 4.78 is 5.30. The van der Waals surface area contributed by atoms with Crippen LogP contribution in [0.2, 0.25) is 5.02 Å². The maximum Gasteiger partial charge on any atom is 0.237 e. The van der Waals surface area contributed by atoms with Gasteiger partial charge in [-0.1, -0.05) is 30.7 Å². The minimum atomic E-state index is -0.142. The first-order valence-corrected chi connectivity index (χ1v) is 6.89. The summed E-state index contributed by atoms with van der Waals surface area (Å²) >= 11 is 6.38. The van der Waals surface area contributed by atoms with Crippen molar-refractivity contribution in [1.82, 2.24) is 15.3 Å². The lowest BCUT2D eigenvalue weighted by Crippen LogP contribution is -2.24. The van der Waals surface area contributed by atoms with Gasteiger partial charge in [0, 0.05) is 17.4 Å². The first kappa shape index (κ1) is 14.8. The highest BCUT2D eigenvalue weighted by Gasteiger charge is 2.21. The molecule has 4 nitrogen and oxygen atoms in total. The molecule has 0 saturated carbocycles. The van der Waals surface area contributed by atoms with Crippen LogP contribution in [0.1, 0.15) is 29.8 Å². The summed E-state index contributed by atoms with van der Waals surface area (Å²) in [4.78, 5) is 8.60. The molecule has 20 heavy (non-hydrogen) atoms. The third kappa shape index (κ3) is 3.08. The number of ether oxygens (including phenoxy) is 1. The third-order valence-electron chi connectivity index (χ3n) is 3.03. The lowest BCUT2D eigenvalue weighted by atomic mass is 10.0. The Labute approximate surface area is 124 Å². The molecule has 0 spiro atoms. The molecule has 0 aliphatic carbocycles. The molecule has 1 aromatic heterocycles. The molecule has 0 fully saturated rings. The number of benzene rings is 1. The summed E-state index contributed by atoms with van der Waals surface area (Å²) in [6.45, 7) is 4.84. The standard InChI is InChI=1S/C15H18ClN3O/c1-4-17-13(11-6-5-10(2)9-12(11)16)14-15(20-3)19-8-7-18-14/h5-9,13,17H,4H2,1-3H3. The van der Waals surface area contributed by atoms with Gasteiger partial charge in [-0.3, -0.25) is 4.98 Å². The molecule has 1 N–H and O–H groups in total. The number of rotatable bonds is 5. The molecule has 0 amide bonds. The van der Waals surface area contributed by atoms with Crippen molar-refractivity contribution in [2.24, 2.45) is 0 Å². The first-order valence-electron chi connectivity index (χ1n) is 6.51. The molecule has 2 rings (SSSR count). The van der Waals surface area contributed by atoms with Crippen molar-refractivity contribution < 1.29 is 4.74 Å². The second-order valence-corrected chi connectivity index (χ2v) is 4.87. The molecular formula is C15H18ClN3O. The number of halogens is 1. The molecule has 0 saturated heterocycles. The fourth-order valence-corrected chi connectivity index (χ4v) is 2.46. The van der Waals surface area contributed by atoms with Crippen molar-refractivity contribution in [3.63, 3.8) is 0 Å². The lowest BCUT2D eigenvalue weighted by molar-refractivity contribution is 0.383. The SMILES string of the molecule is CCNC(c1ccc(C)cc1Cl)c1nccnc1OC. The molecule has 5 heteroatoms. The summed E-state index contributed by atoms with van der Waals surface area (Å²) in [5, 5.41) is 4.09. The monoisotopic (exact) mass is 291 g/mol. The molecule has 0 aliphatic heterocycles.